The SMILES string of the molecule is CCCN(C1CCNC1)S(=O)(=O)c1ccc(OC)c(OC)c1. The number of sulfonamides is 1. The van der Waals surface area contributed by atoms with Crippen molar-refractivity contribution in [3.05, 3.63) is 18.2 Å². The molecule has 7 heteroatoms. The summed E-state index contributed by atoms with van der Waals surface area (Å²) in [6.07, 6.45) is 1.62. The molecule has 0 spiro atoms. The molecule has 1 fully saturated rings. The van der Waals surface area contributed by atoms with E-state index >= 15 is 0 Å². The topological polar surface area (TPSA) is 67.9 Å². The molecule has 0 amide bonds. The number of hydrogen-bond donors (Lipinski definition) is 1. The molecule has 1 aromatic carbocycles. The summed E-state index contributed by atoms with van der Waals surface area (Å²) in [6, 6.07) is 4.74. The summed E-state index contributed by atoms with van der Waals surface area (Å²) in [7, 11) is -0.520. The lowest BCUT2D eigenvalue weighted by Crippen LogP contribution is -2.42. The smallest absolute Gasteiger partial charge is 0.243 e. The van der Waals surface area contributed by atoms with E-state index in [0.29, 0.717) is 24.6 Å². The zero-order valence-electron chi connectivity index (χ0n) is 13.3. The Balaban J connectivity index is 2.38. The lowest BCUT2D eigenvalue weighted by Gasteiger charge is -2.27. The molecule has 0 bridgehead atoms. The molecule has 2 rings (SSSR count). The number of hydrogen-bond acceptors (Lipinski definition) is 5. The lowest BCUT2D eigenvalue weighted by atomic mass is 10.2. The molecule has 1 aliphatic heterocycles. The second kappa shape index (κ2) is 7.30. The van der Waals surface area contributed by atoms with Crippen molar-refractivity contribution in [3.63, 3.8) is 0 Å². The molecule has 1 atom stereocenters. The fourth-order valence-electron chi connectivity index (χ4n) is 2.72. The van der Waals surface area contributed by atoms with Crippen molar-refractivity contribution in [2.75, 3.05) is 33.9 Å². The molecule has 0 aromatic heterocycles. The van der Waals surface area contributed by atoms with Crippen molar-refractivity contribution in [2.24, 2.45) is 0 Å². The van der Waals surface area contributed by atoms with Crippen LogP contribution in [0.5, 0.6) is 11.5 Å². The molecule has 6 nitrogen and oxygen atoms in total. The highest BCUT2D eigenvalue weighted by atomic mass is 32.2. The fourth-order valence-corrected chi connectivity index (χ4v) is 4.48. The Morgan fingerprint density at radius 1 is 1.27 bits per heavy atom. The number of ether oxygens (including phenoxy) is 2. The zero-order valence-corrected chi connectivity index (χ0v) is 14.1. The largest absolute Gasteiger partial charge is 0.493 e. The normalized spacial score (nSPS) is 18.6. The Morgan fingerprint density at radius 2 is 2.00 bits per heavy atom. The summed E-state index contributed by atoms with van der Waals surface area (Å²) in [5.41, 5.74) is 0. The molecule has 22 heavy (non-hydrogen) atoms. The Bertz CT molecular complexity index is 598. The van der Waals surface area contributed by atoms with E-state index in [0.717, 1.165) is 19.4 Å². The summed E-state index contributed by atoms with van der Waals surface area (Å²) in [6.45, 7) is 4.06. The van der Waals surface area contributed by atoms with Gasteiger partial charge in [-0.15, -0.1) is 0 Å². The van der Waals surface area contributed by atoms with Gasteiger partial charge in [-0.1, -0.05) is 6.92 Å². The highest BCUT2D eigenvalue weighted by Gasteiger charge is 2.33. The monoisotopic (exact) mass is 328 g/mol. The van der Waals surface area contributed by atoms with Crippen LogP contribution in [0.15, 0.2) is 23.1 Å². The van der Waals surface area contributed by atoms with Gasteiger partial charge in [-0.05, 0) is 31.5 Å². The first-order chi connectivity index (χ1) is 10.5. The van der Waals surface area contributed by atoms with E-state index in [1.54, 1.807) is 16.4 Å². The molecule has 1 unspecified atom stereocenters. The zero-order chi connectivity index (χ0) is 16.2. The molecule has 1 aromatic rings. The second-order valence-electron chi connectivity index (χ2n) is 5.28. The summed E-state index contributed by atoms with van der Waals surface area (Å²) >= 11 is 0. The van der Waals surface area contributed by atoms with Crippen LogP contribution in [0.25, 0.3) is 0 Å². The Morgan fingerprint density at radius 3 is 2.55 bits per heavy atom. The van der Waals surface area contributed by atoms with Crippen molar-refractivity contribution >= 4 is 10.0 Å². The molecule has 1 heterocycles. The van der Waals surface area contributed by atoms with Gasteiger partial charge in [0.15, 0.2) is 11.5 Å². The van der Waals surface area contributed by atoms with Gasteiger partial charge in [0.1, 0.15) is 0 Å². The first-order valence-corrected chi connectivity index (χ1v) is 8.93. The van der Waals surface area contributed by atoms with Crippen LogP contribution in [0.4, 0.5) is 0 Å². The molecule has 0 saturated carbocycles. The molecule has 1 aliphatic rings. The molecular formula is C15H24N2O4S. The van der Waals surface area contributed by atoms with E-state index in [9.17, 15) is 8.42 Å². The molecular weight excluding hydrogens is 304 g/mol. The van der Waals surface area contributed by atoms with Gasteiger partial charge in [0.05, 0.1) is 19.1 Å². The molecule has 124 valence electrons. The third kappa shape index (κ3) is 3.37. The maximum atomic E-state index is 13.0. The Labute approximate surface area is 132 Å². The van der Waals surface area contributed by atoms with Crippen LogP contribution >= 0.6 is 0 Å². The predicted molar refractivity (Wildman–Crippen MR) is 85.0 cm³/mol. The molecule has 0 radical (unpaired) electrons. The summed E-state index contributed by atoms with van der Waals surface area (Å²) in [5, 5.41) is 3.22. The third-order valence-electron chi connectivity index (χ3n) is 3.85. The standard InChI is InChI=1S/C15H24N2O4S/c1-4-9-17(12-7-8-16-11-12)22(18,19)13-5-6-14(20-2)15(10-13)21-3/h5-6,10,12,16H,4,7-9,11H2,1-3H3. The van der Waals surface area contributed by atoms with Gasteiger partial charge in [0.25, 0.3) is 0 Å². The van der Waals surface area contributed by atoms with Crippen LogP contribution in [-0.2, 0) is 10.0 Å². The minimum Gasteiger partial charge on any atom is -0.493 e. The summed E-state index contributed by atoms with van der Waals surface area (Å²) < 4.78 is 37.9. The van der Waals surface area contributed by atoms with Gasteiger partial charge < -0.3 is 14.8 Å². The van der Waals surface area contributed by atoms with Gasteiger partial charge in [0.2, 0.25) is 10.0 Å². The Hall–Kier alpha value is -1.31. The maximum Gasteiger partial charge on any atom is 0.243 e. The van der Waals surface area contributed by atoms with E-state index in [1.165, 1.54) is 20.3 Å². The van der Waals surface area contributed by atoms with Crippen molar-refractivity contribution in [1.29, 1.82) is 0 Å². The third-order valence-corrected chi connectivity index (χ3v) is 5.79. The van der Waals surface area contributed by atoms with E-state index < -0.39 is 10.0 Å². The highest BCUT2D eigenvalue weighted by Crippen LogP contribution is 2.31. The number of rotatable bonds is 7. The van der Waals surface area contributed by atoms with Gasteiger partial charge in [-0.25, -0.2) is 8.42 Å². The van der Waals surface area contributed by atoms with Crippen LogP contribution in [0.2, 0.25) is 0 Å². The van der Waals surface area contributed by atoms with Crippen LogP contribution in [0.3, 0.4) is 0 Å². The van der Waals surface area contributed by atoms with Crippen LogP contribution < -0.4 is 14.8 Å². The first-order valence-electron chi connectivity index (χ1n) is 7.49. The number of methoxy groups -OCH3 is 2. The molecule has 1 saturated heterocycles. The van der Waals surface area contributed by atoms with Gasteiger partial charge in [-0.3, -0.25) is 0 Å². The average Bonchev–Trinajstić information content (AvgIpc) is 3.05. The van der Waals surface area contributed by atoms with Gasteiger partial charge in [-0.2, -0.15) is 4.31 Å². The molecule has 0 aliphatic carbocycles. The highest BCUT2D eigenvalue weighted by molar-refractivity contribution is 7.89. The number of benzene rings is 1. The maximum absolute atomic E-state index is 13.0. The number of nitrogens with one attached hydrogen (secondary N) is 1. The lowest BCUT2D eigenvalue weighted by molar-refractivity contribution is 0.333. The average molecular weight is 328 g/mol. The van der Waals surface area contributed by atoms with E-state index in [-0.39, 0.29) is 10.9 Å². The summed E-state index contributed by atoms with van der Waals surface area (Å²) in [4.78, 5) is 0.241. The van der Waals surface area contributed by atoms with Crippen molar-refractivity contribution in [2.45, 2.75) is 30.7 Å². The first kappa shape index (κ1) is 17.1. The predicted octanol–water partition coefficient (Wildman–Crippen LogP) is 1.47. The quantitative estimate of drug-likeness (QED) is 0.821. The second-order valence-corrected chi connectivity index (χ2v) is 7.17. The van der Waals surface area contributed by atoms with E-state index in [1.807, 2.05) is 6.92 Å². The minimum atomic E-state index is -3.55. The summed E-state index contributed by atoms with van der Waals surface area (Å²) in [5.74, 6) is 0.940. The van der Waals surface area contributed by atoms with Gasteiger partial charge in [0, 0.05) is 25.2 Å². The fraction of sp³-hybridized carbons (Fsp3) is 0.600. The van der Waals surface area contributed by atoms with Crippen molar-refractivity contribution in [1.82, 2.24) is 9.62 Å². The van der Waals surface area contributed by atoms with E-state index in [2.05, 4.69) is 5.32 Å². The van der Waals surface area contributed by atoms with Crippen molar-refractivity contribution in [3.8, 4) is 11.5 Å². The van der Waals surface area contributed by atoms with Crippen LogP contribution in [0.1, 0.15) is 19.8 Å². The van der Waals surface area contributed by atoms with E-state index in [4.69, 9.17) is 9.47 Å². The van der Waals surface area contributed by atoms with Gasteiger partial charge >= 0.3 is 0 Å². The van der Waals surface area contributed by atoms with Crippen LogP contribution in [-0.4, -0.2) is 52.6 Å². The molecule has 1 N–H and O–H groups in total. The minimum absolute atomic E-state index is 0.0121. The van der Waals surface area contributed by atoms with Crippen LogP contribution in [0, 0.1) is 0 Å². The number of nitrogens with zero attached hydrogens (tertiary/aromatic N) is 1. The Kier molecular flexibility index (Phi) is 5.66. The van der Waals surface area contributed by atoms with Crippen molar-refractivity contribution < 1.29 is 17.9 Å².